The highest BCUT2D eigenvalue weighted by molar-refractivity contribution is 5.45. The van der Waals surface area contributed by atoms with E-state index in [1.807, 2.05) is 6.07 Å². The summed E-state index contributed by atoms with van der Waals surface area (Å²) >= 11 is 0. The van der Waals surface area contributed by atoms with Crippen LogP contribution >= 0.6 is 0 Å². The lowest BCUT2D eigenvalue weighted by molar-refractivity contribution is 0.252. The molecule has 19 heavy (non-hydrogen) atoms. The second kappa shape index (κ2) is 6.19. The minimum absolute atomic E-state index is 0.440. The van der Waals surface area contributed by atoms with E-state index in [2.05, 4.69) is 34.6 Å². The Balaban J connectivity index is 1.98. The van der Waals surface area contributed by atoms with E-state index < -0.39 is 0 Å². The SMILES string of the molecule is CC(C)CC1(CNc2cc(NN)ncn2)CCCC1. The summed E-state index contributed by atoms with van der Waals surface area (Å²) in [6.45, 7) is 5.61. The maximum absolute atomic E-state index is 5.36. The molecule has 0 saturated heterocycles. The van der Waals surface area contributed by atoms with Gasteiger partial charge in [-0.3, -0.25) is 0 Å². The zero-order chi connectivity index (χ0) is 13.7. The molecular formula is C14H25N5. The first-order valence-corrected chi connectivity index (χ1v) is 7.16. The molecule has 106 valence electrons. The second-order valence-corrected chi connectivity index (χ2v) is 6.09. The molecule has 4 N–H and O–H groups in total. The van der Waals surface area contributed by atoms with Crippen LogP contribution in [0.15, 0.2) is 12.4 Å². The van der Waals surface area contributed by atoms with Crippen LogP contribution in [-0.2, 0) is 0 Å². The lowest BCUT2D eigenvalue weighted by atomic mass is 9.78. The van der Waals surface area contributed by atoms with Gasteiger partial charge in [-0.15, -0.1) is 0 Å². The monoisotopic (exact) mass is 263 g/mol. The van der Waals surface area contributed by atoms with Gasteiger partial charge in [0.25, 0.3) is 0 Å². The number of rotatable bonds is 6. The Hall–Kier alpha value is -1.36. The van der Waals surface area contributed by atoms with E-state index in [4.69, 9.17) is 5.84 Å². The third kappa shape index (κ3) is 3.80. The molecule has 5 heteroatoms. The van der Waals surface area contributed by atoms with Crippen LogP contribution in [0.5, 0.6) is 0 Å². The van der Waals surface area contributed by atoms with E-state index in [1.54, 1.807) is 0 Å². The number of hydrazine groups is 1. The smallest absolute Gasteiger partial charge is 0.145 e. The summed E-state index contributed by atoms with van der Waals surface area (Å²) in [5, 5.41) is 3.46. The number of nitrogen functional groups attached to an aromatic ring is 1. The zero-order valence-electron chi connectivity index (χ0n) is 11.9. The average Bonchev–Trinajstić information content (AvgIpc) is 2.85. The molecule has 0 bridgehead atoms. The van der Waals surface area contributed by atoms with Gasteiger partial charge in [-0.25, -0.2) is 15.8 Å². The lowest BCUT2D eigenvalue weighted by Crippen LogP contribution is -2.28. The quantitative estimate of drug-likeness (QED) is 0.543. The Morgan fingerprint density at radius 1 is 1.26 bits per heavy atom. The third-order valence-corrected chi connectivity index (χ3v) is 3.96. The molecule has 0 amide bonds. The van der Waals surface area contributed by atoms with Crippen LogP contribution < -0.4 is 16.6 Å². The van der Waals surface area contributed by atoms with Crippen molar-refractivity contribution in [3.63, 3.8) is 0 Å². The van der Waals surface area contributed by atoms with Crippen molar-refractivity contribution in [2.45, 2.75) is 46.0 Å². The van der Waals surface area contributed by atoms with Crippen molar-refractivity contribution in [2.75, 3.05) is 17.3 Å². The molecule has 1 aromatic heterocycles. The summed E-state index contributed by atoms with van der Waals surface area (Å²) in [5.41, 5.74) is 2.99. The Labute approximate surface area is 115 Å². The highest BCUT2D eigenvalue weighted by atomic mass is 15.3. The van der Waals surface area contributed by atoms with E-state index in [9.17, 15) is 0 Å². The van der Waals surface area contributed by atoms with Crippen LogP contribution in [0.3, 0.4) is 0 Å². The van der Waals surface area contributed by atoms with Gasteiger partial charge >= 0.3 is 0 Å². The van der Waals surface area contributed by atoms with Gasteiger partial charge < -0.3 is 10.7 Å². The van der Waals surface area contributed by atoms with Crippen LogP contribution in [-0.4, -0.2) is 16.5 Å². The average molecular weight is 263 g/mol. The Kier molecular flexibility index (Phi) is 4.58. The fourth-order valence-electron chi connectivity index (χ4n) is 3.26. The summed E-state index contributed by atoms with van der Waals surface area (Å²) in [7, 11) is 0. The summed E-state index contributed by atoms with van der Waals surface area (Å²) in [4.78, 5) is 8.26. The predicted octanol–water partition coefficient (Wildman–Crippen LogP) is 2.78. The Morgan fingerprint density at radius 2 is 1.95 bits per heavy atom. The number of aromatic nitrogens is 2. The number of nitrogens with zero attached hydrogens (tertiary/aromatic N) is 2. The fraction of sp³-hybridized carbons (Fsp3) is 0.714. The molecule has 0 atom stereocenters. The minimum atomic E-state index is 0.440. The first-order valence-electron chi connectivity index (χ1n) is 7.16. The van der Waals surface area contributed by atoms with Gasteiger partial charge in [0.1, 0.15) is 18.0 Å². The third-order valence-electron chi connectivity index (χ3n) is 3.96. The van der Waals surface area contributed by atoms with Crippen molar-refractivity contribution in [2.24, 2.45) is 17.2 Å². The molecular weight excluding hydrogens is 238 g/mol. The summed E-state index contributed by atoms with van der Waals surface area (Å²) in [6, 6.07) is 1.85. The number of hydrogen-bond acceptors (Lipinski definition) is 5. The maximum atomic E-state index is 5.36. The highest BCUT2D eigenvalue weighted by Crippen LogP contribution is 2.43. The van der Waals surface area contributed by atoms with Crippen LogP contribution in [0.2, 0.25) is 0 Å². The van der Waals surface area contributed by atoms with E-state index in [0.29, 0.717) is 11.2 Å². The standard InChI is InChI=1S/C14H25N5/c1-11(2)8-14(5-3-4-6-14)9-16-12-7-13(19-15)18-10-17-12/h7,10-11H,3-6,8-9,15H2,1-2H3,(H2,16,17,18,19). The van der Waals surface area contributed by atoms with E-state index in [0.717, 1.165) is 18.3 Å². The van der Waals surface area contributed by atoms with Crippen molar-refractivity contribution in [1.29, 1.82) is 0 Å². The molecule has 5 nitrogen and oxygen atoms in total. The molecule has 0 spiro atoms. The molecule has 0 aliphatic heterocycles. The predicted molar refractivity (Wildman–Crippen MR) is 78.7 cm³/mol. The van der Waals surface area contributed by atoms with Crippen LogP contribution in [0.1, 0.15) is 46.0 Å². The number of nitrogens with two attached hydrogens (primary N) is 1. The van der Waals surface area contributed by atoms with Crippen molar-refractivity contribution >= 4 is 11.6 Å². The summed E-state index contributed by atoms with van der Waals surface area (Å²) in [5.74, 6) is 7.59. The largest absolute Gasteiger partial charge is 0.369 e. The first-order chi connectivity index (χ1) is 9.13. The van der Waals surface area contributed by atoms with Crippen LogP contribution in [0.25, 0.3) is 0 Å². The van der Waals surface area contributed by atoms with Crippen molar-refractivity contribution in [1.82, 2.24) is 9.97 Å². The molecule has 2 rings (SSSR count). The maximum Gasteiger partial charge on any atom is 0.145 e. The van der Waals surface area contributed by atoms with Crippen molar-refractivity contribution in [3.8, 4) is 0 Å². The molecule has 1 aliphatic carbocycles. The Bertz CT molecular complexity index is 399. The molecule has 1 fully saturated rings. The second-order valence-electron chi connectivity index (χ2n) is 6.09. The van der Waals surface area contributed by atoms with E-state index in [-0.39, 0.29) is 0 Å². The Morgan fingerprint density at radius 3 is 2.58 bits per heavy atom. The number of nitrogens with one attached hydrogen (secondary N) is 2. The fourth-order valence-corrected chi connectivity index (χ4v) is 3.26. The number of anilines is 2. The molecule has 0 unspecified atom stereocenters. The van der Waals surface area contributed by atoms with Gasteiger partial charge in [0.05, 0.1) is 0 Å². The summed E-state index contributed by atoms with van der Waals surface area (Å²) < 4.78 is 0. The normalized spacial score (nSPS) is 17.7. The summed E-state index contributed by atoms with van der Waals surface area (Å²) in [6.07, 6.45) is 8.17. The van der Waals surface area contributed by atoms with Gasteiger partial charge in [0.15, 0.2) is 0 Å². The molecule has 1 aromatic rings. The zero-order valence-corrected chi connectivity index (χ0v) is 11.9. The van der Waals surface area contributed by atoms with Gasteiger partial charge in [-0.2, -0.15) is 0 Å². The molecule has 1 saturated carbocycles. The van der Waals surface area contributed by atoms with E-state index in [1.165, 1.54) is 38.4 Å². The molecule has 1 aliphatic rings. The van der Waals surface area contributed by atoms with Gasteiger partial charge in [0.2, 0.25) is 0 Å². The van der Waals surface area contributed by atoms with Crippen LogP contribution in [0.4, 0.5) is 11.6 Å². The molecule has 1 heterocycles. The number of hydrogen-bond donors (Lipinski definition) is 3. The topological polar surface area (TPSA) is 75.9 Å². The van der Waals surface area contributed by atoms with Crippen molar-refractivity contribution < 1.29 is 0 Å². The minimum Gasteiger partial charge on any atom is -0.369 e. The van der Waals surface area contributed by atoms with Crippen LogP contribution in [0, 0.1) is 11.3 Å². The first kappa shape index (κ1) is 14.1. The highest BCUT2D eigenvalue weighted by Gasteiger charge is 2.34. The van der Waals surface area contributed by atoms with Gasteiger partial charge in [-0.1, -0.05) is 26.7 Å². The molecule has 0 aromatic carbocycles. The lowest BCUT2D eigenvalue weighted by Gasteiger charge is -2.31. The van der Waals surface area contributed by atoms with E-state index >= 15 is 0 Å². The molecule has 0 radical (unpaired) electrons. The van der Waals surface area contributed by atoms with Gasteiger partial charge in [0, 0.05) is 12.6 Å². The van der Waals surface area contributed by atoms with Crippen molar-refractivity contribution in [3.05, 3.63) is 12.4 Å². The van der Waals surface area contributed by atoms with Gasteiger partial charge in [-0.05, 0) is 30.6 Å².